The Morgan fingerprint density at radius 2 is 1.85 bits per heavy atom. The van der Waals surface area contributed by atoms with Crippen LogP contribution in [-0.4, -0.2) is 17.9 Å². The number of hydrogen-bond acceptors (Lipinski definition) is 2. The van der Waals surface area contributed by atoms with Crippen LogP contribution in [0.25, 0.3) is 0 Å². The Labute approximate surface area is 119 Å². The molecule has 20 heavy (non-hydrogen) atoms. The van der Waals surface area contributed by atoms with Crippen LogP contribution in [0.2, 0.25) is 0 Å². The summed E-state index contributed by atoms with van der Waals surface area (Å²) in [7, 11) is 2.10. The highest BCUT2D eigenvalue weighted by molar-refractivity contribution is 6.05. The summed E-state index contributed by atoms with van der Waals surface area (Å²) in [6.45, 7) is 3.89. The van der Waals surface area contributed by atoms with E-state index < -0.39 is 0 Å². The molecular weight excluding hydrogens is 248 g/mol. The van der Waals surface area contributed by atoms with Gasteiger partial charge in [0.1, 0.15) is 0 Å². The summed E-state index contributed by atoms with van der Waals surface area (Å²) in [5, 5.41) is 2.99. The molecule has 102 valence electrons. The first-order chi connectivity index (χ1) is 9.63. The number of carbonyl (C=O) groups excluding carboxylic acids is 1. The van der Waals surface area contributed by atoms with E-state index in [0.717, 1.165) is 29.9 Å². The van der Waals surface area contributed by atoms with Crippen molar-refractivity contribution in [1.29, 1.82) is 0 Å². The van der Waals surface area contributed by atoms with Crippen LogP contribution in [0.15, 0.2) is 42.5 Å². The van der Waals surface area contributed by atoms with E-state index in [1.54, 1.807) is 0 Å². The number of fused-ring (bicyclic) bond motifs is 1. The van der Waals surface area contributed by atoms with Crippen LogP contribution in [0.4, 0.5) is 5.69 Å². The second-order valence-electron chi connectivity index (χ2n) is 5.42. The first-order valence-electron chi connectivity index (χ1n) is 6.81. The molecule has 0 saturated carbocycles. The fourth-order valence-corrected chi connectivity index (χ4v) is 2.67. The fourth-order valence-electron chi connectivity index (χ4n) is 2.67. The molecular formula is C17H18N2O. The van der Waals surface area contributed by atoms with E-state index in [0.29, 0.717) is 0 Å². The molecule has 1 amide bonds. The van der Waals surface area contributed by atoms with Crippen molar-refractivity contribution in [3.05, 3.63) is 64.7 Å². The van der Waals surface area contributed by atoms with E-state index in [2.05, 4.69) is 29.4 Å². The van der Waals surface area contributed by atoms with Crippen LogP contribution < -0.4 is 5.32 Å². The van der Waals surface area contributed by atoms with Gasteiger partial charge in [-0.05, 0) is 48.9 Å². The molecule has 1 aliphatic heterocycles. The Kier molecular flexibility index (Phi) is 3.28. The van der Waals surface area contributed by atoms with Crippen molar-refractivity contribution in [2.75, 3.05) is 12.4 Å². The molecule has 0 bridgehead atoms. The Morgan fingerprint density at radius 1 is 1.10 bits per heavy atom. The third-order valence-corrected chi connectivity index (χ3v) is 3.73. The highest BCUT2D eigenvalue weighted by Gasteiger charge is 2.16. The monoisotopic (exact) mass is 266 g/mol. The Bertz CT molecular complexity index is 664. The third kappa shape index (κ3) is 2.45. The van der Waals surface area contributed by atoms with Gasteiger partial charge in [0.15, 0.2) is 0 Å². The molecule has 0 saturated heterocycles. The quantitative estimate of drug-likeness (QED) is 0.905. The summed E-state index contributed by atoms with van der Waals surface area (Å²) < 4.78 is 0. The molecule has 2 aromatic rings. The molecule has 1 aliphatic rings. The summed E-state index contributed by atoms with van der Waals surface area (Å²) in [6.07, 6.45) is 0. The van der Waals surface area contributed by atoms with Crippen LogP contribution in [0.5, 0.6) is 0 Å². The van der Waals surface area contributed by atoms with Gasteiger partial charge in [-0.1, -0.05) is 24.3 Å². The molecule has 0 radical (unpaired) electrons. The van der Waals surface area contributed by atoms with Crippen molar-refractivity contribution >= 4 is 11.6 Å². The molecule has 0 spiro atoms. The summed E-state index contributed by atoms with van der Waals surface area (Å²) in [5.41, 5.74) is 5.24. The molecule has 1 heterocycles. The van der Waals surface area contributed by atoms with Gasteiger partial charge in [0.05, 0.1) is 0 Å². The minimum absolute atomic E-state index is 0.0469. The van der Waals surface area contributed by atoms with Crippen LogP contribution in [0.1, 0.15) is 27.0 Å². The maximum Gasteiger partial charge on any atom is 0.255 e. The molecule has 0 unspecified atom stereocenters. The van der Waals surface area contributed by atoms with Gasteiger partial charge in [0.25, 0.3) is 5.91 Å². The summed E-state index contributed by atoms with van der Waals surface area (Å²) in [4.78, 5) is 14.5. The van der Waals surface area contributed by atoms with E-state index in [-0.39, 0.29) is 5.91 Å². The van der Waals surface area contributed by atoms with Gasteiger partial charge in [0.2, 0.25) is 0 Å². The number of nitrogens with zero attached hydrogens (tertiary/aromatic N) is 1. The van der Waals surface area contributed by atoms with Gasteiger partial charge in [-0.2, -0.15) is 0 Å². The third-order valence-electron chi connectivity index (χ3n) is 3.73. The standard InChI is InChI=1S/C17H18N2O/c1-12-5-3-4-6-16(12)17(20)18-15-8-7-13-10-19(2)11-14(13)9-15/h3-9H,10-11H2,1-2H3,(H,18,20). The summed E-state index contributed by atoms with van der Waals surface area (Å²) >= 11 is 0. The van der Waals surface area contributed by atoms with Crippen LogP contribution in [0.3, 0.4) is 0 Å². The lowest BCUT2D eigenvalue weighted by Crippen LogP contribution is -2.13. The zero-order valence-electron chi connectivity index (χ0n) is 11.8. The van der Waals surface area contributed by atoms with Crippen molar-refractivity contribution in [2.24, 2.45) is 0 Å². The van der Waals surface area contributed by atoms with Crippen LogP contribution in [-0.2, 0) is 13.1 Å². The molecule has 0 aliphatic carbocycles. The second kappa shape index (κ2) is 5.10. The number of nitrogens with one attached hydrogen (secondary N) is 1. The van der Waals surface area contributed by atoms with E-state index in [1.165, 1.54) is 11.1 Å². The molecule has 1 N–H and O–H groups in total. The van der Waals surface area contributed by atoms with Crippen molar-refractivity contribution in [1.82, 2.24) is 4.90 Å². The zero-order valence-corrected chi connectivity index (χ0v) is 11.8. The normalized spacial score (nSPS) is 14.1. The lowest BCUT2D eigenvalue weighted by Gasteiger charge is -2.09. The van der Waals surface area contributed by atoms with E-state index in [1.807, 2.05) is 37.3 Å². The number of anilines is 1. The molecule has 0 atom stereocenters. The van der Waals surface area contributed by atoms with Crippen molar-refractivity contribution in [3.63, 3.8) is 0 Å². The van der Waals surface area contributed by atoms with Crippen molar-refractivity contribution in [3.8, 4) is 0 Å². The molecule has 0 fully saturated rings. The van der Waals surface area contributed by atoms with Gasteiger partial charge in [-0.3, -0.25) is 9.69 Å². The van der Waals surface area contributed by atoms with Crippen LogP contribution >= 0.6 is 0 Å². The molecule has 3 heteroatoms. The number of aryl methyl sites for hydroxylation is 1. The van der Waals surface area contributed by atoms with Gasteiger partial charge >= 0.3 is 0 Å². The van der Waals surface area contributed by atoms with E-state index in [4.69, 9.17) is 0 Å². The SMILES string of the molecule is Cc1ccccc1C(=O)Nc1ccc2c(c1)CN(C)C2. The number of amides is 1. The first kappa shape index (κ1) is 12.9. The Hall–Kier alpha value is -2.13. The van der Waals surface area contributed by atoms with Gasteiger partial charge in [-0.25, -0.2) is 0 Å². The highest BCUT2D eigenvalue weighted by Crippen LogP contribution is 2.24. The topological polar surface area (TPSA) is 32.3 Å². The average molecular weight is 266 g/mol. The summed E-state index contributed by atoms with van der Waals surface area (Å²) in [5.74, 6) is -0.0469. The number of carbonyl (C=O) groups is 1. The molecule has 3 rings (SSSR count). The minimum atomic E-state index is -0.0469. The lowest BCUT2D eigenvalue weighted by molar-refractivity contribution is 0.102. The summed E-state index contributed by atoms with van der Waals surface area (Å²) in [6, 6.07) is 13.8. The van der Waals surface area contributed by atoms with Gasteiger partial charge in [0, 0.05) is 24.3 Å². The van der Waals surface area contributed by atoms with E-state index >= 15 is 0 Å². The predicted molar refractivity (Wildman–Crippen MR) is 80.7 cm³/mol. The van der Waals surface area contributed by atoms with E-state index in [9.17, 15) is 4.79 Å². The fraction of sp³-hybridized carbons (Fsp3) is 0.235. The first-order valence-corrected chi connectivity index (χ1v) is 6.81. The number of hydrogen-bond donors (Lipinski definition) is 1. The maximum absolute atomic E-state index is 12.3. The number of rotatable bonds is 2. The minimum Gasteiger partial charge on any atom is -0.322 e. The number of benzene rings is 2. The maximum atomic E-state index is 12.3. The van der Waals surface area contributed by atoms with Gasteiger partial charge in [-0.15, -0.1) is 0 Å². The molecule has 2 aromatic carbocycles. The molecule has 0 aromatic heterocycles. The predicted octanol–water partition coefficient (Wildman–Crippen LogP) is 3.19. The molecule has 3 nitrogen and oxygen atoms in total. The highest BCUT2D eigenvalue weighted by atomic mass is 16.1. The largest absolute Gasteiger partial charge is 0.322 e. The smallest absolute Gasteiger partial charge is 0.255 e. The van der Waals surface area contributed by atoms with Crippen molar-refractivity contribution in [2.45, 2.75) is 20.0 Å². The lowest BCUT2D eigenvalue weighted by atomic mass is 10.1. The Morgan fingerprint density at radius 3 is 2.65 bits per heavy atom. The zero-order chi connectivity index (χ0) is 14.1. The average Bonchev–Trinajstić information content (AvgIpc) is 2.78. The second-order valence-corrected chi connectivity index (χ2v) is 5.42. The van der Waals surface area contributed by atoms with Gasteiger partial charge < -0.3 is 5.32 Å². The Balaban J connectivity index is 1.81. The van der Waals surface area contributed by atoms with Crippen LogP contribution in [0, 0.1) is 6.92 Å². The van der Waals surface area contributed by atoms with Crippen molar-refractivity contribution < 1.29 is 4.79 Å².